The highest BCUT2D eigenvalue weighted by Gasteiger charge is 2.32. The highest BCUT2D eigenvalue weighted by Crippen LogP contribution is 2.23. The first kappa shape index (κ1) is 22.9. The monoisotopic (exact) mass is 468 g/mol. The number of guanidine groups is 1. The van der Waals surface area contributed by atoms with Crippen LogP contribution < -0.4 is 10.6 Å². The summed E-state index contributed by atoms with van der Waals surface area (Å²) in [4.78, 5) is 7.27. The topological polar surface area (TPSA) is 58.1 Å². The van der Waals surface area contributed by atoms with Gasteiger partial charge in [-0.25, -0.2) is 0 Å². The highest BCUT2D eigenvalue weighted by molar-refractivity contribution is 14.0. The van der Waals surface area contributed by atoms with Crippen molar-refractivity contribution in [3.8, 4) is 0 Å². The number of halogens is 1. The number of hydrogen-bond donors (Lipinski definition) is 2. The fourth-order valence-corrected chi connectivity index (χ4v) is 3.44. The highest BCUT2D eigenvalue weighted by atomic mass is 127. The fraction of sp³-hybridized carbons (Fsp3) is 0.944. The van der Waals surface area contributed by atoms with Crippen molar-refractivity contribution >= 4 is 29.9 Å². The first-order chi connectivity index (χ1) is 11.4. The van der Waals surface area contributed by atoms with Crippen molar-refractivity contribution in [2.24, 2.45) is 10.4 Å². The third-order valence-electron chi connectivity index (χ3n) is 4.97. The maximum absolute atomic E-state index is 6.01. The Hall–Kier alpha value is -0.120. The quantitative estimate of drug-likeness (QED) is 0.355. The number of aliphatic imine (C=N–C) groups is 1. The van der Waals surface area contributed by atoms with Gasteiger partial charge < -0.3 is 20.1 Å². The van der Waals surface area contributed by atoms with Gasteiger partial charge in [-0.05, 0) is 31.7 Å². The molecule has 2 aliphatic heterocycles. The average molecular weight is 468 g/mol. The molecule has 2 heterocycles. The number of morpholine rings is 1. The predicted octanol–water partition coefficient (Wildman–Crippen LogP) is 2.08. The molecule has 3 unspecified atom stereocenters. The largest absolute Gasteiger partial charge is 0.379 e. The summed E-state index contributed by atoms with van der Waals surface area (Å²) < 4.78 is 11.6. The van der Waals surface area contributed by atoms with Crippen LogP contribution in [-0.2, 0) is 9.47 Å². The van der Waals surface area contributed by atoms with Gasteiger partial charge in [0.05, 0.1) is 25.4 Å². The molecule has 2 N–H and O–H groups in total. The number of fused-ring (bicyclic) bond motifs is 1. The summed E-state index contributed by atoms with van der Waals surface area (Å²) in [6.07, 6.45) is 2.94. The Labute approximate surface area is 170 Å². The van der Waals surface area contributed by atoms with Gasteiger partial charge in [0.15, 0.2) is 5.96 Å². The van der Waals surface area contributed by atoms with Gasteiger partial charge in [-0.3, -0.25) is 9.89 Å². The Kier molecular flexibility index (Phi) is 9.98. The molecular weight excluding hydrogens is 431 g/mol. The normalized spacial score (nSPS) is 25.9. The second-order valence-corrected chi connectivity index (χ2v) is 7.94. The fourth-order valence-electron chi connectivity index (χ4n) is 3.44. The van der Waals surface area contributed by atoms with E-state index in [1.807, 2.05) is 0 Å². The summed E-state index contributed by atoms with van der Waals surface area (Å²) in [5.41, 5.74) is 0.0762. The van der Waals surface area contributed by atoms with Gasteiger partial charge in [0, 0.05) is 32.8 Å². The molecule has 0 saturated carbocycles. The molecule has 6 nitrogen and oxygen atoms in total. The maximum Gasteiger partial charge on any atom is 0.191 e. The van der Waals surface area contributed by atoms with Gasteiger partial charge in [0.2, 0.25) is 0 Å². The number of methoxy groups -OCH3 is 1. The lowest BCUT2D eigenvalue weighted by Crippen LogP contribution is -2.51. The van der Waals surface area contributed by atoms with Gasteiger partial charge in [-0.15, -0.1) is 24.0 Å². The molecule has 3 atom stereocenters. The number of hydrogen-bond acceptors (Lipinski definition) is 4. The second-order valence-electron chi connectivity index (χ2n) is 7.94. The van der Waals surface area contributed by atoms with Crippen LogP contribution in [0.2, 0.25) is 0 Å². The third kappa shape index (κ3) is 7.19. The lowest BCUT2D eigenvalue weighted by molar-refractivity contribution is -0.0453. The molecule has 2 rings (SSSR count). The molecular formula is C18H37IN4O2. The summed E-state index contributed by atoms with van der Waals surface area (Å²) in [5, 5.41) is 6.75. The molecule has 0 spiro atoms. The van der Waals surface area contributed by atoms with E-state index in [1.165, 1.54) is 19.4 Å². The molecule has 0 amide bonds. The molecule has 2 fully saturated rings. The molecule has 2 aliphatic rings. The number of nitrogens with one attached hydrogen (secondary N) is 2. The number of ether oxygens (including phenoxy) is 2. The van der Waals surface area contributed by atoms with Crippen LogP contribution in [0, 0.1) is 5.41 Å². The molecule has 0 aromatic carbocycles. The van der Waals surface area contributed by atoms with E-state index in [1.54, 1.807) is 7.11 Å². The van der Waals surface area contributed by atoms with Crippen LogP contribution in [0.25, 0.3) is 0 Å². The van der Waals surface area contributed by atoms with Crippen molar-refractivity contribution < 1.29 is 9.47 Å². The molecule has 25 heavy (non-hydrogen) atoms. The van der Waals surface area contributed by atoms with Crippen LogP contribution in [0.5, 0.6) is 0 Å². The molecule has 0 bridgehead atoms. The Morgan fingerprint density at radius 1 is 1.36 bits per heavy atom. The summed E-state index contributed by atoms with van der Waals surface area (Å²) in [7, 11) is 1.76. The van der Waals surface area contributed by atoms with E-state index < -0.39 is 0 Å². The summed E-state index contributed by atoms with van der Waals surface area (Å²) in [6, 6.07) is 0.650. The smallest absolute Gasteiger partial charge is 0.191 e. The minimum Gasteiger partial charge on any atom is -0.379 e. The summed E-state index contributed by atoms with van der Waals surface area (Å²) >= 11 is 0. The first-order valence-electron chi connectivity index (χ1n) is 9.34. The summed E-state index contributed by atoms with van der Waals surface area (Å²) in [5.74, 6) is 0.843. The van der Waals surface area contributed by atoms with Gasteiger partial charge in [0.1, 0.15) is 0 Å². The molecule has 0 aromatic heterocycles. The molecule has 148 valence electrons. The van der Waals surface area contributed by atoms with E-state index in [9.17, 15) is 0 Å². The van der Waals surface area contributed by atoms with Gasteiger partial charge in [0.25, 0.3) is 0 Å². The Morgan fingerprint density at radius 3 is 2.76 bits per heavy atom. The predicted molar refractivity (Wildman–Crippen MR) is 114 cm³/mol. The SMILES string of the molecule is CCNC(=NCC(OC)C(C)(C)C)NCC1CN2CCCC2CO1.I. The van der Waals surface area contributed by atoms with Crippen LogP contribution >= 0.6 is 24.0 Å². The Bertz CT molecular complexity index is 414. The average Bonchev–Trinajstić information content (AvgIpc) is 2.99. The Balaban J connectivity index is 0.00000312. The second kappa shape index (κ2) is 10.9. The van der Waals surface area contributed by atoms with Gasteiger partial charge >= 0.3 is 0 Å². The maximum atomic E-state index is 6.01. The van der Waals surface area contributed by atoms with Crippen LogP contribution in [0.4, 0.5) is 0 Å². The van der Waals surface area contributed by atoms with Crippen LogP contribution in [0.1, 0.15) is 40.5 Å². The first-order valence-corrected chi connectivity index (χ1v) is 9.34. The molecule has 0 aliphatic carbocycles. The van der Waals surface area contributed by atoms with Gasteiger partial charge in [-0.2, -0.15) is 0 Å². The zero-order valence-electron chi connectivity index (χ0n) is 16.5. The van der Waals surface area contributed by atoms with Crippen LogP contribution in [0.3, 0.4) is 0 Å². The summed E-state index contributed by atoms with van der Waals surface area (Å²) in [6.45, 7) is 14.0. The van der Waals surface area contributed by atoms with Crippen LogP contribution in [0.15, 0.2) is 4.99 Å². The zero-order valence-corrected chi connectivity index (χ0v) is 18.8. The van der Waals surface area contributed by atoms with E-state index in [2.05, 4.69) is 43.2 Å². The molecule has 0 radical (unpaired) electrons. The molecule has 0 aromatic rings. The van der Waals surface area contributed by atoms with Crippen molar-refractivity contribution in [2.75, 3.05) is 46.4 Å². The number of rotatable bonds is 6. The van der Waals surface area contributed by atoms with Crippen LogP contribution in [-0.4, -0.2) is 75.5 Å². The van der Waals surface area contributed by atoms with E-state index in [0.717, 1.165) is 32.2 Å². The van der Waals surface area contributed by atoms with Gasteiger partial charge in [-0.1, -0.05) is 20.8 Å². The minimum atomic E-state index is 0. The van der Waals surface area contributed by atoms with E-state index >= 15 is 0 Å². The van der Waals surface area contributed by atoms with E-state index in [-0.39, 0.29) is 41.6 Å². The molecule has 7 heteroatoms. The van der Waals surface area contributed by atoms with E-state index in [0.29, 0.717) is 12.6 Å². The molecule has 2 saturated heterocycles. The lowest BCUT2D eigenvalue weighted by atomic mass is 9.89. The lowest BCUT2D eigenvalue weighted by Gasteiger charge is -2.35. The van der Waals surface area contributed by atoms with Crippen molar-refractivity contribution in [2.45, 2.75) is 58.8 Å². The Morgan fingerprint density at radius 2 is 2.12 bits per heavy atom. The van der Waals surface area contributed by atoms with Crippen molar-refractivity contribution in [3.05, 3.63) is 0 Å². The minimum absolute atomic E-state index is 0. The number of nitrogens with zero attached hydrogens (tertiary/aromatic N) is 2. The third-order valence-corrected chi connectivity index (χ3v) is 4.97. The van der Waals surface area contributed by atoms with Crippen molar-refractivity contribution in [1.82, 2.24) is 15.5 Å². The standard InChI is InChI=1S/C18H36N4O2.HI/c1-6-19-17(21-11-16(23-5)18(2,3)4)20-10-15-12-22-9-7-8-14(22)13-24-15;/h14-16H,6-13H2,1-5H3,(H2,19,20,21);1H. The zero-order chi connectivity index (χ0) is 17.6. The van der Waals surface area contributed by atoms with E-state index in [4.69, 9.17) is 14.5 Å². The van der Waals surface area contributed by atoms with Crippen molar-refractivity contribution in [3.63, 3.8) is 0 Å². The van der Waals surface area contributed by atoms with Crippen molar-refractivity contribution in [1.29, 1.82) is 0 Å².